The van der Waals surface area contributed by atoms with Crippen LogP contribution < -0.4 is 10.6 Å². The number of aliphatic carboxylic acids is 1. The van der Waals surface area contributed by atoms with Crippen LogP contribution in [0.5, 0.6) is 0 Å². The van der Waals surface area contributed by atoms with Gasteiger partial charge in [-0.05, 0) is 24.7 Å². The van der Waals surface area contributed by atoms with Crippen LogP contribution in [0.25, 0.3) is 0 Å². The van der Waals surface area contributed by atoms with E-state index >= 15 is 0 Å². The lowest BCUT2D eigenvalue weighted by Gasteiger charge is -2.11. The third-order valence-corrected chi connectivity index (χ3v) is 3.03. The van der Waals surface area contributed by atoms with Crippen molar-refractivity contribution in [1.29, 1.82) is 0 Å². The van der Waals surface area contributed by atoms with Crippen molar-refractivity contribution in [3.05, 3.63) is 0 Å². The van der Waals surface area contributed by atoms with Crippen molar-refractivity contribution in [2.75, 3.05) is 6.54 Å². The molecule has 98 valence electrons. The third-order valence-electron chi connectivity index (χ3n) is 3.03. The molecule has 0 saturated heterocycles. The summed E-state index contributed by atoms with van der Waals surface area (Å²) in [5, 5.41) is 14.2. The SMILES string of the molecule is CCCC1CC1NC(=O)NCC(C)CC(=O)O. The molecule has 0 bridgehead atoms. The predicted molar refractivity (Wildman–Crippen MR) is 64.8 cm³/mol. The second kappa shape index (κ2) is 6.47. The fourth-order valence-electron chi connectivity index (χ4n) is 1.97. The molecule has 2 amide bonds. The summed E-state index contributed by atoms with van der Waals surface area (Å²) in [5.41, 5.74) is 0. The molecule has 0 aliphatic heterocycles. The first-order valence-electron chi connectivity index (χ1n) is 6.29. The standard InChI is InChI=1S/C12H22N2O3/c1-3-4-9-6-10(9)14-12(17)13-7-8(2)5-11(15)16/h8-10H,3-7H2,1-2H3,(H,15,16)(H2,13,14,17). The summed E-state index contributed by atoms with van der Waals surface area (Å²) in [6.07, 6.45) is 3.48. The maximum Gasteiger partial charge on any atom is 0.315 e. The van der Waals surface area contributed by atoms with Gasteiger partial charge < -0.3 is 15.7 Å². The molecule has 5 nitrogen and oxygen atoms in total. The zero-order valence-electron chi connectivity index (χ0n) is 10.5. The van der Waals surface area contributed by atoms with Crippen LogP contribution in [0.2, 0.25) is 0 Å². The maximum absolute atomic E-state index is 11.5. The molecule has 0 spiro atoms. The van der Waals surface area contributed by atoms with Crippen molar-refractivity contribution in [2.45, 2.75) is 45.6 Å². The third kappa shape index (κ3) is 5.56. The molecule has 3 atom stereocenters. The predicted octanol–water partition coefficient (Wildman–Crippen LogP) is 1.58. The summed E-state index contributed by atoms with van der Waals surface area (Å²) in [4.78, 5) is 21.9. The molecule has 5 heteroatoms. The zero-order chi connectivity index (χ0) is 12.8. The Labute approximate surface area is 102 Å². The Kier molecular flexibility index (Phi) is 5.25. The molecule has 1 fully saturated rings. The van der Waals surface area contributed by atoms with Crippen LogP contribution in [0, 0.1) is 11.8 Å². The maximum atomic E-state index is 11.5. The minimum atomic E-state index is -0.829. The minimum Gasteiger partial charge on any atom is -0.481 e. The Morgan fingerprint density at radius 2 is 2.18 bits per heavy atom. The number of hydrogen-bond donors (Lipinski definition) is 3. The molecule has 0 radical (unpaired) electrons. The van der Waals surface area contributed by atoms with Gasteiger partial charge in [-0.15, -0.1) is 0 Å². The van der Waals surface area contributed by atoms with E-state index in [1.54, 1.807) is 0 Å². The lowest BCUT2D eigenvalue weighted by molar-refractivity contribution is -0.137. The van der Waals surface area contributed by atoms with Gasteiger partial charge >= 0.3 is 12.0 Å². The van der Waals surface area contributed by atoms with Crippen molar-refractivity contribution in [3.63, 3.8) is 0 Å². The Balaban J connectivity index is 2.08. The van der Waals surface area contributed by atoms with Crippen LogP contribution in [0.15, 0.2) is 0 Å². The average Bonchev–Trinajstić information content (AvgIpc) is 2.93. The summed E-state index contributed by atoms with van der Waals surface area (Å²) < 4.78 is 0. The lowest BCUT2D eigenvalue weighted by Crippen LogP contribution is -2.39. The molecule has 1 aliphatic rings. The number of nitrogens with one attached hydrogen (secondary N) is 2. The molecular weight excluding hydrogens is 220 g/mol. The molecule has 1 saturated carbocycles. The van der Waals surface area contributed by atoms with Gasteiger partial charge in [-0.2, -0.15) is 0 Å². The van der Waals surface area contributed by atoms with Gasteiger partial charge in [0.25, 0.3) is 0 Å². The highest BCUT2D eigenvalue weighted by Crippen LogP contribution is 2.34. The van der Waals surface area contributed by atoms with Crippen molar-refractivity contribution in [2.24, 2.45) is 11.8 Å². The summed E-state index contributed by atoms with van der Waals surface area (Å²) in [7, 11) is 0. The van der Waals surface area contributed by atoms with Crippen LogP contribution in [0.4, 0.5) is 4.79 Å². The Morgan fingerprint density at radius 3 is 2.76 bits per heavy atom. The first-order chi connectivity index (χ1) is 8.02. The van der Waals surface area contributed by atoms with Crippen LogP contribution in [0.1, 0.15) is 39.5 Å². The van der Waals surface area contributed by atoms with E-state index in [4.69, 9.17) is 5.11 Å². The van der Waals surface area contributed by atoms with E-state index in [2.05, 4.69) is 17.6 Å². The van der Waals surface area contributed by atoms with E-state index in [1.165, 1.54) is 6.42 Å². The summed E-state index contributed by atoms with van der Waals surface area (Å²) >= 11 is 0. The zero-order valence-corrected chi connectivity index (χ0v) is 10.5. The van der Waals surface area contributed by atoms with Crippen molar-refractivity contribution < 1.29 is 14.7 Å². The van der Waals surface area contributed by atoms with Gasteiger partial charge in [0.2, 0.25) is 0 Å². The van der Waals surface area contributed by atoms with Crippen molar-refractivity contribution in [1.82, 2.24) is 10.6 Å². The second-order valence-electron chi connectivity index (χ2n) is 4.95. The van der Waals surface area contributed by atoms with E-state index in [1.807, 2.05) is 6.92 Å². The molecule has 0 aromatic heterocycles. The van der Waals surface area contributed by atoms with Crippen molar-refractivity contribution >= 4 is 12.0 Å². The molecule has 3 N–H and O–H groups in total. The molecule has 1 aliphatic carbocycles. The Morgan fingerprint density at radius 1 is 1.47 bits per heavy atom. The van der Waals surface area contributed by atoms with Gasteiger partial charge in [-0.3, -0.25) is 4.79 Å². The number of rotatable bonds is 7. The fraction of sp³-hybridized carbons (Fsp3) is 0.833. The number of carboxylic acids is 1. The molecule has 17 heavy (non-hydrogen) atoms. The van der Waals surface area contributed by atoms with E-state index in [0.717, 1.165) is 12.8 Å². The highest BCUT2D eigenvalue weighted by Gasteiger charge is 2.37. The fourth-order valence-corrected chi connectivity index (χ4v) is 1.97. The van der Waals surface area contributed by atoms with Gasteiger partial charge in [0, 0.05) is 19.0 Å². The second-order valence-corrected chi connectivity index (χ2v) is 4.95. The quantitative estimate of drug-likeness (QED) is 0.634. The lowest BCUT2D eigenvalue weighted by atomic mass is 10.1. The van der Waals surface area contributed by atoms with Crippen LogP contribution in [-0.2, 0) is 4.79 Å². The highest BCUT2D eigenvalue weighted by atomic mass is 16.4. The smallest absolute Gasteiger partial charge is 0.315 e. The molecule has 0 heterocycles. The number of carbonyl (C=O) groups is 2. The van der Waals surface area contributed by atoms with E-state index in [-0.39, 0.29) is 18.4 Å². The minimum absolute atomic E-state index is 0.0381. The van der Waals surface area contributed by atoms with Crippen molar-refractivity contribution in [3.8, 4) is 0 Å². The monoisotopic (exact) mass is 242 g/mol. The van der Waals surface area contributed by atoms with Crippen LogP contribution in [-0.4, -0.2) is 29.7 Å². The number of urea groups is 1. The summed E-state index contributed by atoms with van der Waals surface area (Å²) in [6, 6.07) is 0.149. The van der Waals surface area contributed by atoms with Gasteiger partial charge in [-0.25, -0.2) is 4.79 Å². The first-order valence-corrected chi connectivity index (χ1v) is 6.29. The Bertz CT molecular complexity index is 281. The number of carboxylic acid groups (broad SMARTS) is 1. The topological polar surface area (TPSA) is 78.4 Å². The first kappa shape index (κ1) is 13.8. The van der Waals surface area contributed by atoms with Gasteiger partial charge in [0.05, 0.1) is 0 Å². The van der Waals surface area contributed by atoms with Crippen LogP contribution in [0.3, 0.4) is 0 Å². The molecule has 1 rings (SSSR count). The number of amides is 2. The Hall–Kier alpha value is -1.26. The number of carbonyl (C=O) groups excluding carboxylic acids is 1. The highest BCUT2D eigenvalue weighted by molar-refractivity contribution is 5.74. The molecule has 0 aromatic carbocycles. The molecule has 3 unspecified atom stereocenters. The van der Waals surface area contributed by atoms with Crippen LogP contribution >= 0.6 is 0 Å². The molecular formula is C12H22N2O3. The van der Waals surface area contributed by atoms with E-state index in [9.17, 15) is 9.59 Å². The number of hydrogen-bond acceptors (Lipinski definition) is 2. The average molecular weight is 242 g/mol. The van der Waals surface area contributed by atoms with Gasteiger partial charge in [-0.1, -0.05) is 20.3 Å². The van der Waals surface area contributed by atoms with Gasteiger partial charge in [0.15, 0.2) is 0 Å². The summed E-state index contributed by atoms with van der Waals surface area (Å²) in [5.74, 6) is -0.226. The largest absolute Gasteiger partial charge is 0.481 e. The van der Waals surface area contributed by atoms with Gasteiger partial charge in [0.1, 0.15) is 0 Å². The van der Waals surface area contributed by atoms with E-state index < -0.39 is 5.97 Å². The summed E-state index contributed by atoms with van der Waals surface area (Å²) in [6.45, 7) is 4.36. The van der Waals surface area contributed by atoms with E-state index in [0.29, 0.717) is 18.5 Å². The normalized spacial score (nSPS) is 23.9. The molecule has 0 aromatic rings.